The lowest BCUT2D eigenvalue weighted by atomic mass is 10.2. The number of ether oxygens (including phenoxy) is 1. The van der Waals surface area contributed by atoms with Gasteiger partial charge in [-0.1, -0.05) is 18.2 Å². The molecule has 2 aromatic carbocycles. The van der Waals surface area contributed by atoms with Crippen molar-refractivity contribution < 1.29 is 9.53 Å². The van der Waals surface area contributed by atoms with Gasteiger partial charge in [0, 0.05) is 63.3 Å². The molecule has 7 nitrogen and oxygen atoms in total. The summed E-state index contributed by atoms with van der Waals surface area (Å²) in [7, 11) is 0. The van der Waals surface area contributed by atoms with E-state index in [9.17, 15) is 4.79 Å². The van der Waals surface area contributed by atoms with Crippen LogP contribution in [-0.4, -0.2) is 59.5 Å². The molecule has 158 valence electrons. The number of carbonyl (C=O) groups excluding carboxylic acids is 1. The number of carbonyl (C=O) groups is 1. The molecule has 0 saturated carbocycles. The fourth-order valence-electron chi connectivity index (χ4n) is 4.24. The molecule has 3 aromatic rings. The first-order chi connectivity index (χ1) is 15.3. The Morgan fingerprint density at radius 1 is 0.806 bits per heavy atom. The van der Waals surface area contributed by atoms with Gasteiger partial charge in [0.05, 0.1) is 0 Å². The Morgan fingerprint density at radius 3 is 2.19 bits per heavy atom. The van der Waals surface area contributed by atoms with Crippen LogP contribution in [0.3, 0.4) is 0 Å². The van der Waals surface area contributed by atoms with Gasteiger partial charge in [-0.25, -0.2) is 9.97 Å². The topological polar surface area (TPSA) is 61.8 Å². The highest BCUT2D eigenvalue weighted by atomic mass is 16.5. The van der Waals surface area contributed by atoms with Crippen molar-refractivity contribution in [3.63, 3.8) is 0 Å². The van der Waals surface area contributed by atoms with Crippen LogP contribution >= 0.6 is 0 Å². The van der Waals surface area contributed by atoms with Crippen LogP contribution in [0, 0.1) is 0 Å². The average molecular weight is 415 g/mol. The van der Waals surface area contributed by atoms with Crippen LogP contribution < -0.4 is 14.5 Å². The van der Waals surface area contributed by atoms with Gasteiger partial charge < -0.3 is 14.5 Å². The Labute approximate surface area is 181 Å². The number of nitrogens with zero attached hydrogens (tertiary/aromatic N) is 5. The highest BCUT2D eigenvalue weighted by molar-refractivity contribution is 5.96. The third kappa shape index (κ3) is 4.36. The molecule has 3 heterocycles. The maximum atomic E-state index is 12.7. The molecule has 0 unspecified atom stereocenters. The minimum atomic E-state index is 0.176. The molecule has 0 N–H and O–H groups in total. The second kappa shape index (κ2) is 8.73. The van der Waals surface area contributed by atoms with E-state index in [1.54, 1.807) is 12.4 Å². The predicted octanol–water partition coefficient (Wildman–Crippen LogP) is 3.20. The summed E-state index contributed by atoms with van der Waals surface area (Å²) in [4.78, 5) is 27.9. The molecule has 2 aliphatic rings. The van der Waals surface area contributed by atoms with E-state index >= 15 is 0 Å². The summed E-state index contributed by atoms with van der Waals surface area (Å²) in [6.07, 6.45) is 4.11. The first-order valence-electron chi connectivity index (χ1n) is 10.7. The average Bonchev–Trinajstić information content (AvgIpc) is 3.22. The summed E-state index contributed by atoms with van der Waals surface area (Å²) < 4.78 is 5.86. The van der Waals surface area contributed by atoms with Gasteiger partial charge in [0.15, 0.2) is 0 Å². The van der Waals surface area contributed by atoms with Gasteiger partial charge in [-0.05, 0) is 42.5 Å². The van der Waals surface area contributed by atoms with E-state index in [0.717, 1.165) is 55.9 Å². The monoisotopic (exact) mass is 415 g/mol. The molecule has 31 heavy (non-hydrogen) atoms. The number of para-hydroxylation sites is 1. The number of hydrogen-bond donors (Lipinski definition) is 0. The standard InChI is InChI=1S/C24H25N5O2/c30-23-17-20(27-13-15-28(16-14-27)24-25-11-4-12-26-24)18-29(23)19-7-9-22(10-8-19)31-21-5-2-1-3-6-21/h1-12,20H,13-18H2/t20-/m0/s1. The maximum Gasteiger partial charge on any atom is 0.228 e. The molecule has 0 aliphatic carbocycles. The zero-order chi connectivity index (χ0) is 21.0. The lowest BCUT2D eigenvalue weighted by Crippen LogP contribution is -2.51. The van der Waals surface area contributed by atoms with E-state index in [1.807, 2.05) is 65.6 Å². The van der Waals surface area contributed by atoms with Crippen molar-refractivity contribution in [3.8, 4) is 11.5 Å². The summed E-state index contributed by atoms with van der Waals surface area (Å²) in [6.45, 7) is 4.29. The van der Waals surface area contributed by atoms with Crippen LogP contribution in [0.25, 0.3) is 0 Å². The number of rotatable bonds is 5. The molecule has 1 atom stereocenters. The quantitative estimate of drug-likeness (QED) is 0.638. The van der Waals surface area contributed by atoms with E-state index in [4.69, 9.17) is 4.74 Å². The lowest BCUT2D eigenvalue weighted by molar-refractivity contribution is -0.117. The normalized spacial score (nSPS) is 19.6. The van der Waals surface area contributed by atoms with E-state index in [0.29, 0.717) is 6.42 Å². The Balaban J connectivity index is 1.19. The number of hydrogen-bond acceptors (Lipinski definition) is 6. The Kier molecular flexibility index (Phi) is 5.50. The van der Waals surface area contributed by atoms with Crippen molar-refractivity contribution >= 4 is 17.5 Å². The maximum absolute atomic E-state index is 12.7. The van der Waals surface area contributed by atoms with Crippen LogP contribution in [0.4, 0.5) is 11.6 Å². The molecular weight excluding hydrogens is 390 g/mol. The molecule has 2 fully saturated rings. The Bertz CT molecular complexity index is 1010. The van der Waals surface area contributed by atoms with Crippen molar-refractivity contribution in [1.29, 1.82) is 0 Å². The zero-order valence-electron chi connectivity index (χ0n) is 17.3. The summed E-state index contributed by atoms with van der Waals surface area (Å²) in [5, 5.41) is 0. The molecule has 1 amide bonds. The largest absolute Gasteiger partial charge is 0.457 e. The van der Waals surface area contributed by atoms with Gasteiger partial charge in [-0.3, -0.25) is 9.69 Å². The van der Waals surface area contributed by atoms with Gasteiger partial charge in [-0.15, -0.1) is 0 Å². The minimum absolute atomic E-state index is 0.176. The Hall–Kier alpha value is -3.45. The fraction of sp³-hybridized carbons (Fsp3) is 0.292. The number of anilines is 2. The molecule has 0 spiro atoms. The van der Waals surface area contributed by atoms with Gasteiger partial charge in [0.1, 0.15) is 11.5 Å². The number of piperazine rings is 1. The van der Waals surface area contributed by atoms with Gasteiger partial charge >= 0.3 is 0 Å². The summed E-state index contributed by atoms with van der Waals surface area (Å²) >= 11 is 0. The van der Waals surface area contributed by atoms with Crippen molar-refractivity contribution in [3.05, 3.63) is 73.1 Å². The van der Waals surface area contributed by atoms with Crippen LogP contribution in [0.1, 0.15) is 6.42 Å². The minimum Gasteiger partial charge on any atom is -0.457 e. The van der Waals surface area contributed by atoms with Gasteiger partial charge in [0.25, 0.3) is 0 Å². The van der Waals surface area contributed by atoms with Gasteiger partial charge in [0.2, 0.25) is 11.9 Å². The summed E-state index contributed by atoms with van der Waals surface area (Å²) in [5.41, 5.74) is 0.921. The van der Waals surface area contributed by atoms with Crippen LogP contribution in [0.15, 0.2) is 73.1 Å². The van der Waals surface area contributed by atoms with Crippen molar-refractivity contribution in [2.75, 3.05) is 42.5 Å². The van der Waals surface area contributed by atoms with Crippen LogP contribution in [0.5, 0.6) is 11.5 Å². The number of amides is 1. The van der Waals surface area contributed by atoms with Crippen LogP contribution in [-0.2, 0) is 4.79 Å². The highest BCUT2D eigenvalue weighted by Crippen LogP contribution is 2.28. The van der Waals surface area contributed by atoms with Crippen molar-refractivity contribution in [1.82, 2.24) is 14.9 Å². The number of benzene rings is 2. The van der Waals surface area contributed by atoms with E-state index in [1.165, 1.54) is 0 Å². The second-order valence-corrected chi connectivity index (χ2v) is 7.84. The molecule has 2 saturated heterocycles. The van der Waals surface area contributed by atoms with E-state index in [2.05, 4.69) is 19.8 Å². The summed E-state index contributed by atoms with van der Waals surface area (Å²) in [5.74, 6) is 2.52. The lowest BCUT2D eigenvalue weighted by Gasteiger charge is -2.37. The third-order valence-electron chi connectivity index (χ3n) is 5.90. The molecule has 5 rings (SSSR count). The first-order valence-corrected chi connectivity index (χ1v) is 10.7. The van der Waals surface area contributed by atoms with E-state index < -0.39 is 0 Å². The highest BCUT2D eigenvalue weighted by Gasteiger charge is 2.35. The zero-order valence-corrected chi connectivity index (χ0v) is 17.3. The second-order valence-electron chi connectivity index (χ2n) is 7.84. The molecule has 0 radical (unpaired) electrons. The predicted molar refractivity (Wildman–Crippen MR) is 120 cm³/mol. The van der Waals surface area contributed by atoms with Crippen molar-refractivity contribution in [2.45, 2.75) is 12.5 Å². The molecule has 1 aromatic heterocycles. The van der Waals surface area contributed by atoms with Crippen molar-refractivity contribution in [2.24, 2.45) is 0 Å². The fourth-order valence-corrected chi connectivity index (χ4v) is 4.24. The molecule has 2 aliphatic heterocycles. The first kappa shape index (κ1) is 19.5. The third-order valence-corrected chi connectivity index (χ3v) is 5.90. The van der Waals surface area contributed by atoms with Crippen LogP contribution in [0.2, 0.25) is 0 Å². The molecule has 7 heteroatoms. The number of aromatic nitrogens is 2. The SMILES string of the molecule is O=C1C[C@H](N2CCN(c3ncccn3)CC2)CN1c1ccc(Oc2ccccc2)cc1. The van der Waals surface area contributed by atoms with Gasteiger partial charge in [-0.2, -0.15) is 0 Å². The Morgan fingerprint density at radius 2 is 1.48 bits per heavy atom. The smallest absolute Gasteiger partial charge is 0.228 e. The van der Waals surface area contributed by atoms with E-state index in [-0.39, 0.29) is 11.9 Å². The summed E-state index contributed by atoms with van der Waals surface area (Å²) in [6, 6.07) is 19.5. The molecular formula is C24H25N5O2. The molecule has 0 bridgehead atoms.